The number of piperazine rings is 1. The lowest BCUT2D eigenvalue weighted by Crippen LogP contribution is -2.51. The molecule has 2 aromatic rings. The standard InChI is InChI=1S/C23H32N4O5S/c1-16-14-20(17(2)27(16)18-6-8-19(9-7-18)33(24,30)31)21(28)15-25-10-12-26(13-11-25)22(29)32-23(3,4)5/h6-9,14H,10-13,15H2,1-5H3,(H2,24,30,31). The Kier molecular flexibility index (Phi) is 7.01. The van der Waals surface area contributed by atoms with Gasteiger partial charge >= 0.3 is 6.09 Å². The molecule has 1 amide bonds. The van der Waals surface area contributed by atoms with Gasteiger partial charge in [-0.15, -0.1) is 0 Å². The minimum Gasteiger partial charge on any atom is -0.444 e. The zero-order chi connectivity index (χ0) is 24.6. The number of ketones is 1. The maximum absolute atomic E-state index is 13.1. The van der Waals surface area contributed by atoms with Crippen molar-refractivity contribution in [2.24, 2.45) is 5.14 Å². The molecule has 1 fully saturated rings. The zero-order valence-corrected chi connectivity index (χ0v) is 20.6. The van der Waals surface area contributed by atoms with Crippen LogP contribution in [0, 0.1) is 13.8 Å². The third kappa shape index (κ3) is 6.01. The zero-order valence-electron chi connectivity index (χ0n) is 19.8. The lowest BCUT2D eigenvalue weighted by atomic mass is 10.1. The summed E-state index contributed by atoms with van der Waals surface area (Å²) in [6.45, 7) is 11.8. The van der Waals surface area contributed by atoms with Crippen molar-refractivity contribution in [2.75, 3.05) is 32.7 Å². The van der Waals surface area contributed by atoms with Crippen LogP contribution < -0.4 is 5.14 Å². The number of nitrogens with zero attached hydrogens (tertiary/aromatic N) is 3. The van der Waals surface area contributed by atoms with E-state index in [4.69, 9.17) is 9.88 Å². The first-order valence-electron chi connectivity index (χ1n) is 10.8. The average molecular weight is 477 g/mol. The number of aromatic nitrogens is 1. The van der Waals surface area contributed by atoms with E-state index in [2.05, 4.69) is 0 Å². The van der Waals surface area contributed by atoms with Crippen molar-refractivity contribution in [3.63, 3.8) is 0 Å². The maximum Gasteiger partial charge on any atom is 0.410 e. The van der Waals surface area contributed by atoms with E-state index in [9.17, 15) is 18.0 Å². The van der Waals surface area contributed by atoms with E-state index in [0.29, 0.717) is 31.7 Å². The van der Waals surface area contributed by atoms with Crippen molar-refractivity contribution in [2.45, 2.75) is 45.1 Å². The summed E-state index contributed by atoms with van der Waals surface area (Å²) in [4.78, 5) is 29.0. The quantitative estimate of drug-likeness (QED) is 0.663. The van der Waals surface area contributed by atoms with Crippen molar-refractivity contribution in [3.8, 4) is 5.69 Å². The molecule has 0 saturated carbocycles. The van der Waals surface area contributed by atoms with Gasteiger partial charge in [-0.05, 0) is 65.0 Å². The van der Waals surface area contributed by atoms with Crippen LogP contribution in [0.1, 0.15) is 42.5 Å². The molecule has 3 rings (SSSR count). The lowest BCUT2D eigenvalue weighted by Gasteiger charge is -2.35. The van der Waals surface area contributed by atoms with E-state index in [1.807, 2.05) is 50.2 Å². The fourth-order valence-electron chi connectivity index (χ4n) is 3.93. The Morgan fingerprint density at radius 1 is 1.03 bits per heavy atom. The summed E-state index contributed by atoms with van der Waals surface area (Å²) in [6.07, 6.45) is -0.328. The predicted octanol–water partition coefficient (Wildman–Crippen LogP) is 2.48. The second kappa shape index (κ2) is 9.28. The van der Waals surface area contributed by atoms with E-state index in [1.54, 1.807) is 17.0 Å². The molecule has 0 bridgehead atoms. The number of rotatable bonds is 5. The Hall–Kier alpha value is -2.69. The molecule has 0 atom stereocenters. The van der Waals surface area contributed by atoms with Crippen molar-refractivity contribution in [3.05, 3.63) is 47.3 Å². The topological polar surface area (TPSA) is 115 Å². The molecule has 1 saturated heterocycles. The Bertz CT molecular complexity index is 1140. The number of amides is 1. The summed E-state index contributed by atoms with van der Waals surface area (Å²) >= 11 is 0. The molecule has 9 nitrogen and oxygen atoms in total. The number of sulfonamides is 1. The van der Waals surface area contributed by atoms with Gasteiger partial charge in [-0.25, -0.2) is 18.4 Å². The van der Waals surface area contributed by atoms with Crippen LogP contribution in [0.3, 0.4) is 0 Å². The Morgan fingerprint density at radius 3 is 2.12 bits per heavy atom. The van der Waals surface area contributed by atoms with Crippen LogP contribution in [-0.2, 0) is 14.8 Å². The van der Waals surface area contributed by atoms with Gasteiger partial charge in [-0.1, -0.05) is 0 Å². The first kappa shape index (κ1) is 24.9. The van der Waals surface area contributed by atoms with E-state index in [-0.39, 0.29) is 23.3 Å². The molecule has 0 unspecified atom stereocenters. The summed E-state index contributed by atoms with van der Waals surface area (Å²) in [5, 5.41) is 5.18. The van der Waals surface area contributed by atoms with Crippen LogP contribution in [0.2, 0.25) is 0 Å². The molecular formula is C23H32N4O5S. The normalized spacial score (nSPS) is 15.5. The molecule has 0 radical (unpaired) electrons. The first-order chi connectivity index (χ1) is 15.3. The molecule has 10 heteroatoms. The second-order valence-electron chi connectivity index (χ2n) is 9.33. The summed E-state index contributed by atoms with van der Waals surface area (Å²) < 4.78 is 30.4. The minimum atomic E-state index is -3.77. The molecule has 2 N–H and O–H groups in total. The highest BCUT2D eigenvalue weighted by Gasteiger charge is 2.27. The molecule has 0 aliphatic carbocycles. The molecule has 180 valence electrons. The fourth-order valence-corrected chi connectivity index (χ4v) is 4.45. The van der Waals surface area contributed by atoms with Crippen molar-refractivity contribution < 1.29 is 22.7 Å². The van der Waals surface area contributed by atoms with Crippen LogP contribution in [0.4, 0.5) is 4.79 Å². The average Bonchev–Trinajstić information content (AvgIpc) is 3.01. The van der Waals surface area contributed by atoms with E-state index < -0.39 is 15.6 Å². The number of carbonyl (C=O) groups is 2. The maximum atomic E-state index is 13.1. The Morgan fingerprint density at radius 2 is 1.61 bits per heavy atom. The SMILES string of the molecule is Cc1cc(C(=O)CN2CCN(C(=O)OC(C)(C)C)CC2)c(C)n1-c1ccc(S(N)(=O)=O)cc1. The van der Waals surface area contributed by atoms with Gasteiger partial charge in [-0.3, -0.25) is 9.69 Å². The van der Waals surface area contributed by atoms with Gasteiger partial charge in [-0.2, -0.15) is 0 Å². The van der Waals surface area contributed by atoms with Crippen LogP contribution >= 0.6 is 0 Å². The molecule has 2 heterocycles. The Balaban J connectivity index is 1.67. The number of benzene rings is 1. The van der Waals surface area contributed by atoms with Gasteiger partial charge in [0.05, 0.1) is 11.4 Å². The van der Waals surface area contributed by atoms with Crippen LogP contribution in [0.25, 0.3) is 5.69 Å². The number of primary sulfonamides is 1. The molecule has 0 spiro atoms. The number of Topliss-reactive ketones (excluding diaryl/α,β-unsaturated/α-hetero) is 1. The molecule has 1 aromatic heterocycles. The van der Waals surface area contributed by atoms with Gasteiger partial charge in [0, 0.05) is 48.8 Å². The molecular weight excluding hydrogens is 444 g/mol. The van der Waals surface area contributed by atoms with Crippen molar-refractivity contribution >= 4 is 21.9 Å². The van der Waals surface area contributed by atoms with Gasteiger partial charge in [0.1, 0.15) is 5.60 Å². The Labute approximate surface area is 195 Å². The van der Waals surface area contributed by atoms with E-state index in [1.165, 1.54) is 12.1 Å². The van der Waals surface area contributed by atoms with Gasteiger partial charge in [0.15, 0.2) is 5.78 Å². The molecule has 33 heavy (non-hydrogen) atoms. The highest BCUT2D eigenvalue weighted by atomic mass is 32.2. The molecule has 1 aromatic carbocycles. The van der Waals surface area contributed by atoms with Crippen LogP contribution in [0.5, 0.6) is 0 Å². The lowest BCUT2D eigenvalue weighted by molar-refractivity contribution is 0.0149. The third-order valence-electron chi connectivity index (χ3n) is 5.55. The number of carbonyl (C=O) groups excluding carboxylic acids is 2. The summed E-state index contributed by atoms with van der Waals surface area (Å²) in [5.74, 6) is 0.00113. The van der Waals surface area contributed by atoms with Crippen LogP contribution in [-0.4, -0.2) is 73.0 Å². The highest BCUT2D eigenvalue weighted by Crippen LogP contribution is 2.23. The van der Waals surface area contributed by atoms with E-state index in [0.717, 1.165) is 17.1 Å². The number of nitrogens with two attached hydrogens (primary N) is 1. The third-order valence-corrected chi connectivity index (χ3v) is 6.48. The van der Waals surface area contributed by atoms with Gasteiger partial charge in [0.2, 0.25) is 10.0 Å². The second-order valence-corrected chi connectivity index (χ2v) is 10.9. The largest absolute Gasteiger partial charge is 0.444 e. The molecule has 1 aliphatic rings. The fraction of sp³-hybridized carbons (Fsp3) is 0.478. The molecule has 1 aliphatic heterocycles. The van der Waals surface area contributed by atoms with Gasteiger partial charge in [0.25, 0.3) is 0 Å². The van der Waals surface area contributed by atoms with Crippen LogP contribution in [0.15, 0.2) is 35.2 Å². The minimum absolute atomic E-state index is 0.00113. The summed E-state index contributed by atoms with van der Waals surface area (Å²) in [6, 6.07) is 8.10. The first-order valence-corrected chi connectivity index (χ1v) is 12.4. The monoisotopic (exact) mass is 476 g/mol. The van der Waals surface area contributed by atoms with Gasteiger partial charge < -0.3 is 14.2 Å². The van der Waals surface area contributed by atoms with Crippen molar-refractivity contribution in [1.82, 2.24) is 14.4 Å². The predicted molar refractivity (Wildman–Crippen MR) is 125 cm³/mol. The summed E-state index contributed by atoms with van der Waals surface area (Å²) in [7, 11) is -3.77. The van der Waals surface area contributed by atoms with Crippen molar-refractivity contribution in [1.29, 1.82) is 0 Å². The summed E-state index contributed by atoms with van der Waals surface area (Å²) in [5.41, 5.74) is 2.49. The number of ether oxygens (including phenoxy) is 1. The van der Waals surface area contributed by atoms with E-state index >= 15 is 0 Å². The number of hydrogen-bond acceptors (Lipinski definition) is 6. The smallest absolute Gasteiger partial charge is 0.410 e. The highest BCUT2D eigenvalue weighted by molar-refractivity contribution is 7.89. The number of aryl methyl sites for hydroxylation is 1. The number of hydrogen-bond donors (Lipinski definition) is 1.